The summed E-state index contributed by atoms with van der Waals surface area (Å²) in [7, 11) is 3.68. The number of pyridine rings is 2. The summed E-state index contributed by atoms with van der Waals surface area (Å²) < 4.78 is 10.5. The number of aryl methyl sites for hydroxylation is 2. The predicted molar refractivity (Wildman–Crippen MR) is 136 cm³/mol. The lowest BCUT2D eigenvalue weighted by Crippen LogP contribution is -2.30. The molecule has 1 aliphatic carbocycles. The van der Waals surface area contributed by atoms with Gasteiger partial charge in [-0.15, -0.1) is 0 Å². The fraction of sp³-hybridized carbons (Fsp3) is 0.296. The fourth-order valence-corrected chi connectivity index (χ4v) is 5.35. The van der Waals surface area contributed by atoms with Crippen molar-refractivity contribution in [2.24, 2.45) is 14.1 Å². The third-order valence-corrected chi connectivity index (χ3v) is 7.27. The number of imidazole rings is 1. The zero-order valence-electron chi connectivity index (χ0n) is 20.2. The molecule has 0 aliphatic heterocycles. The van der Waals surface area contributed by atoms with Crippen LogP contribution in [0.25, 0.3) is 44.3 Å². The molecule has 0 spiro atoms. The molecule has 4 aromatic heterocycles. The van der Waals surface area contributed by atoms with Crippen LogP contribution in [0.3, 0.4) is 0 Å². The number of benzene rings is 1. The van der Waals surface area contributed by atoms with Crippen molar-refractivity contribution in [3.63, 3.8) is 0 Å². The molecular formula is C27H26N6O3. The van der Waals surface area contributed by atoms with E-state index in [-0.39, 0.29) is 17.8 Å². The molecule has 9 nitrogen and oxygen atoms in total. The average molecular weight is 483 g/mol. The normalized spacial score (nSPS) is 18.1. The quantitative estimate of drug-likeness (QED) is 0.351. The summed E-state index contributed by atoms with van der Waals surface area (Å²) in [5.74, 6) is 0. The van der Waals surface area contributed by atoms with E-state index in [1.807, 2.05) is 42.2 Å². The Kier molecular flexibility index (Phi) is 5.40. The first-order valence-corrected chi connectivity index (χ1v) is 12.1. The molecule has 5 aromatic rings. The Balaban J connectivity index is 1.44. The summed E-state index contributed by atoms with van der Waals surface area (Å²) in [6.45, 7) is 0.522. The molecule has 1 aliphatic rings. The van der Waals surface area contributed by atoms with Gasteiger partial charge >= 0.3 is 5.69 Å². The van der Waals surface area contributed by atoms with Gasteiger partial charge in [0.25, 0.3) is 6.47 Å². The Bertz CT molecular complexity index is 1640. The number of carbonyl (C=O) groups excluding carboxylic acids is 1. The Morgan fingerprint density at radius 1 is 0.944 bits per heavy atom. The maximum Gasteiger partial charge on any atom is 0.329 e. The van der Waals surface area contributed by atoms with Crippen LogP contribution in [0, 0.1) is 0 Å². The summed E-state index contributed by atoms with van der Waals surface area (Å²) in [6.07, 6.45) is 10.4. The van der Waals surface area contributed by atoms with Crippen LogP contribution < -0.4 is 5.69 Å². The number of nitrogens with zero attached hydrogens (tertiary/aromatic N) is 6. The third-order valence-electron chi connectivity index (χ3n) is 7.27. The van der Waals surface area contributed by atoms with Crippen LogP contribution in [0.2, 0.25) is 0 Å². The highest BCUT2D eigenvalue weighted by atomic mass is 16.5. The number of fused-ring (bicyclic) bond motifs is 3. The van der Waals surface area contributed by atoms with Crippen molar-refractivity contribution in [3.8, 4) is 22.4 Å². The Labute approximate surface area is 207 Å². The lowest BCUT2D eigenvalue weighted by molar-refractivity contribution is -0.135. The van der Waals surface area contributed by atoms with Crippen molar-refractivity contribution >= 4 is 28.4 Å². The highest BCUT2D eigenvalue weighted by Gasteiger charge is 2.27. The minimum Gasteiger partial charge on any atom is -0.465 e. The van der Waals surface area contributed by atoms with Gasteiger partial charge in [0.1, 0.15) is 6.10 Å². The zero-order chi connectivity index (χ0) is 24.8. The minimum absolute atomic E-state index is 0.0439. The molecule has 1 fully saturated rings. The second-order valence-electron chi connectivity index (χ2n) is 9.43. The lowest BCUT2D eigenvalue weighted by Gasteiger charge is -2.28. The molecule has 1 aromatic carbocycles. The van der Waals surface area contributed by atoms with E-state index < -0.39 is 0 Å². The fourth-order valence-electron chi connectivity index (χ4n) is 5.35. The molecular weight excluding hydrogens is 456 g/mol. The van der Waals surface area contributed by atoms with E-state index in [4.69, 9.17) is 4.74 Å². The number of rotatable bonds is 5. The van der Waals surface area contributed by atoms with Crippen LogP contribution in [0.4, 0.5) is 0 Å². The first-order valence-electron chi connectivity index (χ1n) is 12.1. The molecule has 0 N–H and O–H groups in total. The number of hydrogen-bond acceptors (Lipinski definition) is 6. The maximum absolute atomic E-state index is 13.4. The van der Waals surface area contributed by atoms with Crippen LogP contribution in [-0.2, 0) is 23.6 Å². The van der Waals surface area contributed by atoms with Gasteiger partial charge in [0.15, 0.2) is 0 Å². The number of carbonyl (C=O) groups is 1. The summed E-state index contributed by atoms with van der Waals surface area (Å²) in [4.78, 5) is 33.4. The van der Waals surface area contributed by atoms with Gasteiger partial charge in [-0.3, -0.25) is 28.6 Å². The van der Waals surface area contributed by atoms with Crippen LogP contribution >= 0.6 is 0 Å². The van der Waals surface area contributed by atoms with Crippen molar-refractivity contribution in [2.75, 3.05) is 0 Å². The van der Waals surface area contributed by atoms with Gasteiger partial charge < -0.3 is 4.74 Å². The summed E-state index contributed by atoms with van der Waals surface area (Å²) in [6, 6.07) is 10.2. The van der Waals surface area contributed by atoms with Gasteiger partial charge in [-0.05, 0) is 49.4 Å². The van der Waals surface area contributed by atoms with Gasteiger partial charge in [0, 0.05) is 49.0 Å². The van der Waals surface area contributed by atoms with Crippen LogP contribution in [0.15, 0.2) is 59.9 Å². The Morgan fingerprint density at radius 2 is 1.75 bits per heavy atom. The van der Waals surface area contributed by atoms with Gasteiger partial charge in [0.2, 0.25) is 0 Å². The lowest BCUT2D eigenvalue weighted by atomic mass is 9.92. The van der Waals surface area contributed by atoms with Crippen molar-refractivity contribution in [1.29, 1.82) is 0 Å². The van der Waals surface area contributed by atoms with E-state index in [1.165, 1.54) is 0 Å². The third kappa shape index (κ3) is 3.67. The molecule has 0 unspecified atom stereocenters. The van der Waals surface area contributed by atoms with Crippen LogP contribution in [0.1, 0.15) is 31.7 Å². The Hall–Kier alpha value is -4.27. The van der Waals surface area contributed by atoms with E-state index >= 15 is 0 Å². The zero-order valence-corrected chi connectivity index (χ0v) is 20.2. The molecule has 6 rings (SSSR count). The standard InChI is InChI=1S/C27H26N6O3/c1-31-15-19(13-30-31)23-9-4-18(12-28-23)17-3-10-24-22(11-17)26-25(14-29-24)32(2)27(35)33(26)20-5-7-21(8-6-20)36-16-34/h3-4,9-16,20-21H,5-8H2,1-2H3. The van der Waals surface area contributed by atoms with E-state index in [0.29, 0.717) is 6.47 Å². The second kappa shape index (κ2) is 8.75. The number of ether oxygens (including phenoxy) is 1. The summed E-state index contributed by atoms with van der Waals surface area (Å²) >= 11 is 0. The van der Waals surface area contributed by atoms with Crippen molar-refractivity contribution < 1.29 is 9.53 Å². The molecule has 0 amide bonds. The number of aromatic nitrogens is 6. The largest absolute Gasteiger partial charge is 0.465 e. The second-order valence-corrected chi connectivity index (χ2v) is 9.43. The van der Waals surface area contributed by atoms with E-state index in [9.17, 15) is 9.59 Å². The van der Waals surface area contributed by atoms with Crippen LogP contribution in [-0.4, -0.2) is 41.5 Å². The molecule has 0 radical (unpaired) electrons. The van der Waals surface area contributed by atoms with Crippen LogP contribution in [0.5, 0.6) is 0 Å². The molecule has 0 atom stereocenters. The highest BCUT2D eigenvalue weighted by molar-refractivity contribution is 6.04. The molecule has 36 heavy (non-hydrogen) atoms. The van der Waals surface area contributed by atoms with Gasteiger partial charge in [-0.1, -0.05) is 12.1 Å². The van der Waals surface area contributed by atoms with Crippen molar-refractivity contribution in [3.05, 3.63) is 65.6 Å². The molecule has 0 saturated heterocycles. The first kappa shape index (κ1) is 22.2. The molecule has 1 saturated carbocycles. The molecule has 182 valence electrons. The predicted octanol–water partition coefficient (Wildman–Crippen LogP) is 4.01. The summed E-state index contributed by atoms with van der Waals surface area (Å²) in [5, 5.41) is 5.16. The SMILES string of the molecule is Cn1cc(-c2ccc(-c3ccc4ncc5c(c4c3)n(C3CCC(OC=O)CC3)c(=O)n5C)cn2)cn1. The number of hydrogen-bond donors (Lipinski definition) is 0. The molecule has 0 bridgehead atoms. The van der Waals surface area contributed by atoms with Crippen molar-refractivity contribution in [1.82, 2.24) is 28.9 Å². The van der Waals surface area contributed by atoms with E-state index in [0.717, 1.165) is 70.0 Å². The smallest absolute Gasteiger partial charge is 0.329 e. The van der Waals surface area contributed by atoms with E-state index in [1.54, 1.807) is 28.7 Å². The Morgan fingerprint density at radius 3 is 2.44 bits per heavy atom. The monoisotopic (exact) mass is 482 g/mol. The first-order chi connectivity index (χ1) is 17.5. The van der Waals surface area contributed by atoms with E-state index in [2.05, 4.69) is 27.2 Å². The van der Waals surface area contributed by atoms with Crippen molar-refractivity contribution in [2.45, 2.75) is 37.8 Å². The molecule has 4 heterocycles. The van der Waals surface area contributed by atoms with Gasteiger partial charge in [-0.2, -0.15) is 5.10 Å². The van der Waals surface area contributed by atoms with Gasteiger partial charge in [-0.25, -0.2) is 4.79 Å². The highest BCUT2D eigenvalue weighted by Crippen LogP contribution is 2.35. The maximum atomic E-state index is 13.4. The topological polar surface area (TPSA) is 96.8 Å². The summed E-state index contributed by atoms with van der Waals surface area (Å²) in [5.41, 5.74) is 6.31. The van der Waals surface area contributed by atoms with Gasteiger partial charge in [0.05, 0.1) is 34.6 Å². The minimum atomic E-state index is -0.0726. The molecule has 9 heteroatoms. The average Bonchev–Trinajstić information content (AvgIpc) is 3.45.